The number of rotatable bonds is 5. The highest BCUT2D eigenvalue weighted by Gasteiger charge is 2.16. The summed E-state index contributed by atoms with van der Waals surface area (Å²) in [4.78, 5) is 37.2. The fourth-order valence-electron chi connectivity index (χ4n) is 3.23. The standard InChI is InChI=1S/C21H20N4O3/c1-3-24-12-16(11-22)20(27)25(21(24)28)13-19(26)23-14(2)17-10-6-8-15-7-4-5-9-18(15)17/h4-10,12,14H,3,13H2,1-2H3,(H,23,26)/t14-/m0/s1. The van der Waals surface area contributed by atoms with Crippen molar-refractivity contribution in [2.45, 2.75) is 33.0 Å². The van der Waals surface area contributed by atoms with E-state index in [1.807, 2.05) is 49.4 Å². The minimum Gasteiger partial charge on any atom is -0.348 e. The van der Waals surface area contributed by atoms with E-state index in [-0.39, 0.29) is 11.6 Å². The van der Waals surface area contributed by atoms with Gasteiger partial charge < -0.3 is 5.32 Å². The highest BCUT2D eigenvalue weighted by atomic mass is 16.2. The first-order chi connectivity index (χ1) is 13.5. The van der Waals surface area contributed by atoms with E-state index in [1.54, 1.807) is 13.0 Å². The fraction of sp³-hybridized carbons (Fsp3) is 0.238. The van der Waals surface area contributed by atoms with Gasteiger partial charge in [-0.15, -0.1) is 0 Å². The van der Waals surface area contributed by atoms with Gasteiger partial charge in [0.25, 0.3) is 5.56 Å². The topological polar surface area (TPSA) is 96.9 Å². The molecule has 3 rings (SSSR count). The Morgan fingerprint density at radius 2 is 1.89 bits per heavy atom. The Bertz CT molecular complexity index is 1200. The first kappa shape index (κ1) is 19.1. The summed E-state index contributed by atoms with van der Waals surface area (Å²) >= 11 is 0. The number of nitrogens with one attached hydrogen (secondary N) is 1. The number of aryl methyl sites for hydroxylation is 1. The SMILES string of the molecule is CCn1cc(C#N)c(=O)n(CC(=O)N[C@@H](C)c2cccc3ccccc23)c1=O. The third kappa shape index (κ3) is 3.58. The van der Waals surface area contributed by atoms with Crippen molar-refractivity contribution in [1.29, 1.82) is 5.26 Å². The first-order valence-corrected chi connectivity index (χ1v) is 8.97. The molecule has 2 aromatic carbocycles. The number of nitriles is 1. The van der Waals surface area contributed by atoms with Gasteiger partial charge in [0.05, 0.1) is 6.04 Å². The van der Waals surface area contributed by atoms with Crippen LogP contribution in [0.15, 0.2) is 58.3 Å². The van der Waals surface area contributed by atoms with E-state index in [2.05, 4.69) is 5.32 Å². The highest BCUT2D eigenvalue weighted by Crippen LogP contribution is 2.23. The maximum Gasteiger partial charge on any atom is 0.331 e. The lowest BCUT2D eigenvalue weighted by Crippen LogP contribution is -2.44. The van der Waals surface area contributed by atoms with Gasteiger partial charge >= 0.3 is 5.69 Å². The second-order valence-corrected chi connectivity index (χ2v) is 6.47. The van der Waals surface area contributed by atoms with E-state index >= 15 is 0 Å². The molecule has 0 saturated carbocycles. The molecule has 1 atom stereocenters. The van der Waals surface area contributed by atoms with Crippen molar-refractivity contribution in [3.05, 3.63) is 80.6 Å². The van der Waals surface area contributed by atoms with Crippen LogP contribution in [0.25, 0.3) is 10.8 Å². The number of aromatic nitrogens is 2. The molecule has 0 aliphatic heterocycles. The van der Waals surface area contributed by atoms with E-state index in [9.17, 15) is 14.4 Å². The summed E-state index contributed by atoms with van der Waals surface area (Å²) in [5.41, 5.74) is -0.600. The van der Waals surface area contributed by atoms with Gasteiger partial charge in [0.15, 0.2) is 0 Å². The molecule has 0 bridgehead atoms. The van der Waals surface area contributed by atoms with Crippen molar-refractivity contribution in [3.8, 4) is 6.07 Å². The van der Waals surface area contributed by atoms with Crippen LogP contribution in [-0.4, -0.2) is 15.0 Å². The van der Waals surface area contributed by atoms with Gasteiger partial charge in [0.2, 0.25) is 5.91 Å². The number of nitrogens with zero attached hydrogens (tertiary/aromatic N) is 3. The van der Waals surface area contributed by atoms with Crippen LogP contribution < -0.4 is 16.6 Å². The summed E-state index contributed by atoms with van der Waals surface area (Å²) in [6.45, 7) is 3.42. The molecule has 0 radical (unpaired) electrons. The number of hydrogen-bond acceptors (Lipinski definition) is 4. The number of fused-ring (bicyclic) bond motifs is 1. The van der Waals surface area contributed by atoms with Gasteiger partial charge in [-0.1, -0.05) is 42.5 Å². The van der Waals surface area contributed by atoms with Crippen LogP contribution in [0.5, 0.6) is 0 Å². The van der Waals surface area contributed by atoms with E-state index in [0.717, 1.165) is 20.9 Å². The second kappa shape index (κ2) is 7.92. The average Bonchev–Trinajstić information content (AvgIpc) is 2.71. The predicted octanol–water partition coefficient (Wildman–Crippen LogP) is 1.93. The van der Waals surface area contributed by atoms with E-state index in [0.29, 0.717) is 6.54 Å². The van der Waals surface area contributed by atoms with Gasteiger partial charge in [-0.05, 0) is 30.2 Å². The van der Waals surface area contributed by atoms with Gasteiger partial charge in [0.1, 0.15) is 18.2 Å². The zero-order chi connectivity index (χ0) is 20.3. The number of carbonyl (C=O) groups excluding carboxylic acids is 1. The summed E-state index contributed by atoms with van der Waals surface area (Å²) in [7, 11) is 0. The van der Waals surface area contributed by atoms with Crippen LogP contribution in [0.1, 0.15) is 31.0 Å². The Morgan fingerprint density at radius 3 is 2.61 bits per heavy atom. The zero-order valence-electron chi connectivity index (χ0n) is 15.7. The molecule has 0 unspecified atom stereocenters. The maximum atomic E-state index is 12.5. The Morgan fingerprint density at radius 1 is 1.18 bits per heavy atom. The lowest BCUT2D eigenvalue weighted by Gasteiger charge is -2.17. The number of amides is 1. The van der Waals surface area contributed by atoms with Gasteiger partial charge in [-0.25, -0.2) is 9.36 Å². The molecule has 28 heavy (non-hydrogen) atoms. The van der Waals surface area contributed by atoms with Crippen molar-refractivity contribution in [2.75, 3.05) is 0 Å². The minimum absolute atomic E-state index is 0.170. The van der Waals surface area contributed by atoms with Gasteiger partial charge in [-0.3, -0.25) is 14.2 Å². The molecular formula is C21H20N4O3. The molecule has 0 aliphatic rings. The highest BCUT2D eigenvalue weighted by molar-refractivity contribution is 5.86. The van der Waals surface area contributed by atoms with E-state index < -0.39 is 23.7 Å². The lowest BCUT2D eigenvalue weighted by molar-refractivity contribution is -0.122. The minimum atomic E-state index is -0.759. The third-order valence-electron chi connectivity index (χ3n) is 4.67. The molecule has 142 valence electrons. The van der Waals surface area contributed by atoms with Crippen molar-refractivity contribution < 1.29 is 4.79 Å². The summed E-state index contributed by atoms with van der Waals surface area (Å²) in [5, 5.41) is 14.0. The third-order valence-corrected chi connectivity index (χ3v) is 4.67. The summed E-state index contributed by atoms with van der Waals surface area (Å²) in [5.74, 6) is -0.475. The molecule has 7 heteroatoms. The molecule has 1 amide bonds. The average molecular weight is 376 g/mol. The van der Waals surface area contributed by atoms with Crippen LogP contribution in [0.2, 0.25) is 0 Å². The molecule has 7 nitrogen and oxygen atoms in total. The van der Waals surface area contributed by atoms with Crippen LogP contribution in [0.4, 0.5) is 0 Å². The first-order valence-electron chi connectivity index (χ1n) is 8.97. The summed E-state index contributed by atoms with van der Waals surface area (Å²) < 4.78 is 2.04. The zero-order valence-corrected chi connectivity index (χ0v) is 15.7. The number of carbonyl (C=O) groups is 1. The maximum absolute atomic E-state index is 12.5. The summed E-state index contributed by atoms with van der Waals surface area (Å²) in [6, 6.07) is 15.1. The predicted molar refractivity (Wildman–Crippen MR) is 106 cm³/mol. The van der Waals surface area contributed by atoms with Crippen LogP contribution >= 0.6 is 0 Å². The quantitative estimate of drug-likeness (QED) is 0.736. The second-order valence-electron chi connectivity index (χ2n) is 6.47. The van der Waals surface area contributed by atoms with Crippen LogP contribution in [0.3, 0.4) is 0 Å². The van der Waals surface area contributed by atoms with E-state index in [4.69, 9.17) is 5.26 Å². The van der Waals surface area contributed by atoms with Crippen molar-refractivity contribution in [2.24, 2.45) is 0 Å². The largest absolute Gasteiger partial charge is 0.348 e. The molecule has 0 saturated heterocycles. The fourth-order valence-corrected chi connectivity index (χ4v) is 3.23. The molecule has 1 aromatic heterocycles. The summed E-state index contributed by atoms with van der Waals surface area (Å²) in [6.07, 6.45) is 1.22. The van der Waals surface area contributed by atoms with Gasteiger partial charge in [-0.2, -0.15) is 5.26 Å². The van der Waals surface area contributed by atoms with Crippen molar-refractivity contribution in [3.63, 3.8) is 0 Å². The lowest BCUT2D eigenvalue weighted by atomic mass is 10.00. The Balaban J connectivity index is 1.88. The Hall–Kier alpha value is -3.66. The normalized spacial score (nSPS) is 11.8. The Kier molecular flexibility index (Phi) is 5.41. The van der Waals surface area contributed by atoms with Crippen molar-refractivity contribution in [1.82, 2.24) is 14.5 Å². The molecule has 0 spiro atoms. The monoisotopic (exact) mass is 376 g/mol. The molecule has 0 fully saturated rings. The van der Waals surface area contributed by atoms with Crippen LogP contribution in [-0.2, 0) is 17.9 Å². The van der Waals surface area contributed by atoms with Crippen LogP contribution in [0, 0.1) is 11.3 Å². The molecule has 0 aliphatic carbocycles. The number of hydrogen-bond donors (Lipinski definition) is 1. The molecule has 3 aromatic rings. The van der Waals surface area contributed by atoms with E-state index in [1.165, 1.54) is 10.8 Å². The van der Waals surface area contributed by atoms with Crippen molar-refractivity contribution >= 4 is 16.7 Å². The van der Waals surface area contributed by atoms with Gasteiger partial charge in [0, 0.05) is 12.7 Å². The number of benzene rings is 2. The molecule has 1 heterocycles. The Labute approximate surface area is 161 Å². The smallest absolute Gasteiger partial charge is 0.331 e. The molecular weight excluding hydrogens is 356 g/mol. The molecule has 1 N–H and O–H groups in total.